The van der Waals surface area contributed by atoms with Crippen molar-refractivity contribution >= 4 is 28.9 Å². The number of H-pyrrole nitrogens is 1. The first-order valence-corrected chi connectivity index (χ1v) is 10.5. The lowest BCUT2D eigenvalue weighted by molar-refractivity contribution is -0.116. The van der Waals surface area contributed by atoms with Gasteiger partial charge in [-0.25, -0.2) is 0 Å². The fourth-order valence-electron chi connectivity index (χ4n) is 3.87. The monoisotopic (exact) mass is 435 g/mol. The van der Waals surface area contributed by atoms with Crippen molar-refractivity contribution in [2.75, 3.05) is 19.0 Å². The van der Waals surface area contributed by atoms with Gasteiger partial charge in [0.1, 0.15) is 5.75 Å². The highest BCUT2D eigenvalue weighted by Crippen LogP contribution is 2.38. The quantitative estimate of drug-likeness (QED) is 0.491. The van der Waals surface area contributed by atoms with Gasteiger partial charge in [0.2, 0.25) is 5.91 Å². The molecule has 2 aromatic heterocycles. The molecule has 0 saturated carbocycles. The van der Waals surface area contributed by atoms with E-state index in [1.165, 1.54) is 0 Å². The molecule has 4 rings (SSSR count). The van der Waals surface area contributed by atoms with Gasteiger partial charge in [-0.3, -0.25) is 9.78 Å². The minimum atomic E-state index is -0.107. The van der Waals surface area contributed by atoms with Crippen LogP contribution in [0.1, 0.15) is 35.6 Å². The van der Waals surface area contributed by atoms with Crippen molar-refractivity contribution in [3.63, 3.8) is 0 Å². The van der Waals surface area contributed by atoms with E-state index in [1.54, 1.807) is 13.3 Å². The van der Waals surface area contributed by atoms with E-state index in [0.717, 1.165) is 17.1 Å². The third kappa shape index (κ3) is 4.54. The van der Waals surface area contributed by atoms with E-state index in [4.69, 9.17) is 17.0 Å². The number of aryl methyl sites for hydroxylation is 1. The number of thiocarbonyl (C=S) groups is 1. The highest BCUT2D eigenvalue weighted by atomic mass is 32.1. The maximum absolute atomic E-state index is 12.7. The average molecular weight is 436 g/mol. The SMILES string of the molecule is COc1ccccc1NC(=O)CCN1C(=S)N[C@H](c2ccccn2)[C@@H]1c1ccc(C)[nH]1. The van der Waals surface area contributed by atoms with Crippen molar-refractivity contribution in [2.45, 2.75) is 25.4 Å². The van der Waals surface area contributed by atoms with Gasteiger partial charge in [0.05, 0.1) is 30.6 Å². The van der Waals surface area contributed by atoms with Crippen molar-refractivity contribution in [3.05, 3.63) is 77.9 Å². The Morgan fingerprint density at radius 3 is 2.71 bits per heavy atom. The standard InChI is InChI=1S/C23H25N5O2S/c1-15-10-11-18(25-15)22-21(17-8-5-6-13-24-17)27-23(31)28(22)14-12-20(29)26-16-7-3-4-9-19(16)30-2/h3-11,13,21-22,25H,12,14H2,1-2H3,(H,26,29)(H,27,31)/t21-,22+/m1/s1. The lowest BCUT2D eigenvalue weighted by atomic mass is 10.0. The van der Waals surface area contributed by atoms with Crippen molar-refractivity contribution in [1.29, 1.82) is 0 Å². The molecule has 1 amide bonds. The minimum absolute atomic E-state index is 0.0878. The van der Waals surface area contributed by atoms with E-state index in [0.29, 0.717) is 23.1 Å². The summed E-state index contributed by atoms with van der Waals surface area (Å²) in [5, 5.41) is 6.93. The number of aromatic amines is 1. The van der Waals surface area contributed by atoms with E-state index >= 15 is 0 Å². The van der Waals surface area contributed by atoms with E-state index < -0.39 is 0 Å². The smallest absolute Gasteiger partial charge is 0.226 e. The molecule has 1 saturated heterocycles. The maximum atomic E-state index is 12.7. The predicted octanol–water partition coefficient (Wildman–Crippen LogP) is 3.73. The number of carbonyl (C=O) groups is 1. The number of hydrogen-bond donors (Lipinski definition) is 3. The predicted molar refractivity (Wildman–Crippen MR) is 124 cm³/mol. The summed E-state index contributed by atoms with van der Waals surface area (Å²) >= 11 is 5.64. The highest BCUT2D eigenvalue weighted by molar-refractivity contribution is 7.80. The Labute approximate surface area is 186 Å². The van der Waals surface area contributed by atoms with E-state index in [-0.39, 0.29) is 24.4 Å². The highest BCUT2D eigenvalue weighted by Gasteiger charge is 2.40. The van der Waals surface area contributed by atoms with E-state index in [2.05, 4.69) is 31.6 Å². The van der Waals surface area contributed by atoms with Crippen LogP contribution in [0.5, 0.6) is 5.75 Å². The summed E-state index contributed by atoms with van der Waals surface area (Å²) < 4.78 is 5.31. The van der Waals surface area contributed by atoms with Crippen molar-refractivity contribution in [2.24, 2.45) is 0 Å². The lowest BCUT2D eigenvalue weighted by Gasteiger charge is -2.26. The minimum Gasteiger partial charge on any atom is -0.495 e. The van der Waals surface area contributed by atoms with Crippen LogP contribution in [-0.4, -0.2) is 39.5 Å². The Morgan fingerprint density at radius 2 is 2.00 bits per heavy atom. The zero-order valence-corrected chi connectivity index (χ0v) is 18.3. The Kier molecular flexibility index (Phi) is 6.18. The van der Waals surface area contributed by atoms with E-state index in [9.17, 15) is 4.79 Å². The van der Waals surface area contributed by atoms with Crippen LogP contribution in [0, 0.1) is 6.92 Å². The lowest BCUT2D eigenvalue weighted by Crippen LogP contribution is -2.32. The van der Waals surface area contributed by atoms with Crippen LogP contribution < -0.4 is 15.4 Å². The molecule has 0 aliphatic carbocycles. The molecular weight excluding hydrogens is 410 g/mol. The van der Waals surface area contributed by atoms with Gasteiger partial charge < -0.3 is 25.3 Å². The van der Waals surface area contributed by atoms with Crippen LogP contribution in [0.2, 0.25) is 0 Å². The number of methoxy groups -OCH3 is 1. The molecule has 3 N–H and O–H groups in total. The number of amides is 1. The van der Waals surface area contributed by atoms with Crippen molar-refractivity contribution in [1.82, 2.24) is 20.2 Å². The zero-order chi connectivity index (χ0) is 21.8. The molecule has 1 aliphatic rings. The van der Waals surface area contributed by atoms with Crippen LogP contribution >= 0.6 is 12.2 Å². The largest absolute Gasteiger partial charge is 0.495 e. The normalized spacial score (nSPS) is 18.0. The van der Waals surface area contributed by atoms with Gasteiger partial charge in [0.15, 0.2) is 5.11 Å². The Bertz CT molecular complexity index is 1070. The molecule has 8 heteroatoms. The molecule has 31 heavy (non-hydrogen) atoms. The maximum Gasteiger partial charge on any atom is 0.226 e. The Morgan fingerprint density at radius 1 is 1.19 bits per heavy atom. The molecule has 3 heterocycles. The molecule has 1 fully saturated rings. The molecule has 1 aliphatic heterocycles. The second-order valence-corrected chi connectivity index (χ2v) is 7.80. The summed E-state index contributed by atoms with van der Waals surface area (Å²) in [6, 6.07) is 17.1. The first-order valence-electron chi connectivity index (χ1n) is 10.1. The number of anilines is 1. The number of hydrogen-bond acceptors (Lipinski definition) is 4. The molecule has 3 aromatic rings. The van der Waals surface area contributed by atoms with Crippen LogP contribution in [0.3, 0.4) is 0 Å². The molecule has 2 atom stereocenters. The van der Waals surface area contributed by atoms with Gasteiger partial charge >= 0.3 is 0 Å². The molecule has 0 spiro atoms. The van der Waals surface area contributed by atoms with Crippen molar-refractivity contribution < 1.29 is 9.53 Å². The number of nitrogens with zero attached hydrogens (tertiary/aromatic N) is 2. The van der Waals surface area contributed by atoms with Crippen LogP contribution in [-0.2, 0) is 4.79 Å². The number of ether oxygens (including phenoxy) is 1. The second kappa shape index (κ2) is 9.18. The van der Waals surface area contributed by atoms with Gasteiger partial charge in [0.25, 0.3) is 0 Å². The van der Waals surface area contributed by atoms with Gasteiger partial charge in [-0.15, -0.1) is 0 Å². The van der Waals surface area contributed by atoms with Crippen molar-refractivity contribution in [3.8, 4) is 5.75 Å². The van der Waals surface area contributed by atoms with Crippen LogP contribution in [0.15, 0.2) is 60.8 Å². The molecular formula is C23H25N5O2S. The fraction of sp³-hybridized carbons (Fsp3) is 0.261. The number of aromatic nitrogens is 2. The molecule has 7 nitrogen and oxygen atoms in total. The van der Waals surface area contributed by atoms with Gasteiger partial charge in [-0.1, -0.05) is 18.2 Å². The zero-order valence-electron chi connectivity index (χ0n) is 17.5. The summed E-state index contributed by atoms with van der Waals surface area (Å²) in [7, 11) is 1.58. The second-order valence-electron chi connectivity index (χ2n) is 7.42. The molecule has 0 radical (unpaired) electrons. The summed E-state index contributed by atoms with van der Waals surface area (Å²) in [5.41, 5.74) is 3.66. The number of para-hydroxylation sites is 2. The number of pyridine rings is 1. The Balaban J connectivity index is 1.52. The first-order chi connectivity index (χ1) is 15.1. The number of carbonyl (C=O) groups excluding carboxylic acids is 1. The number of rotatable bonds is 7. The summed E-state index contributed by atoms with van der Waals surface area (Å²) in [6.07, 6.45) is 2.06. The van der Waals surface area contributed by atoms with Crippen LogP contribution in [0.25, 0.3) is 0 Å². The fourth-order valence-corrected chi connectivity index (χ4v) is 4.20. The number of nitrogens with one attached hydrogen (secondary N) is 3. The third-order valence-corrected chi connectivity index (χ3v) is 5.68. The van der Waals surface area contributed by atoms with E-state index in [1.807, 2.05) is 55.5 Å². The van der Waals surface area contributed by atoms with Gasteiger partial charge in [-0.2, -0.15) is 0 Å². The van der Waals surface area contributed by atoms with Gasteiger partial charge in [0, 0.05) is 30.6 Å². The molecule has 0 unspecified atom stereocenters. The first kappa shape index (κ1) is 20.9. The molecule has 160 valence electrons. The molecule has 0 bridgehead atoms. The third-order valence-electron chi connectivity index (χ3n) is 5.33. The Hall–Kier alpha value is -3.39. The number of benzene rings is 1. The summed E-state index contributed by atoms with van der Waals surface area (Å²) in [5.74, 6) is 0.527. The summed E-state index contributed by atoms with van der Waals surface area (Å²) in [6.45, 7) is 2.49. The summed E-state index contributed by atoms with van der Waals surface area (Å²) in [4.78, 5) is 22.7. The van der Waals surface area contributed by atoms with Crippen LogP contribution in [0.4, 0.5) is 5.69 Å². The molecule has 1 aromatic carbocycles. The average Bonchev–Trinajstić information content (AvgIpc) is 3.35. The van der Waals surface area contributed by atoms with Gasteiger partial charge in [-0.05, 0) is 55.5 Å². The topological polar surface area (TPSA) is 82.3 Å².